The van der Waals surface area contributed by atoms with Crippen molar-refractivity contribution < 1.29 is 9.90 Å². The second kappa shape index (κ2) is 8.89. The Bertz CT molecular complexity index is 1050. The Hall–Kier alpha value is -2.86. The van der Waals surface area contributed by atoms with Crippen molar-refractivity contribution in [3.8, 4) is 5.75 Å². The number of fused-ring (bicyclic) bond motifs is 1. The highest BCUT2D eigenvalue weighted by Crippen LogP contribution is 2.27. The number of aromatic hydroxyl groups is 1. The van der Waals surface area contributed by atoms with Gasteiger partial charge in [0.05, 0.1) is 10.5 Å². The van der Waals surface area contributed by atoms with Gasteiger partial charge in [-0.2, -0.15) is 0 Å². The molecule has 28 heavy (non-hydrogen) atoms. The van der Waals surface area contributed by atoms with Gasteiger partial charge in [-0.15, -0.1) is 0 Å². The highest BCUT2D eigenvalue weighted by molar-refractivity contribution is 6.30. The molecule has 0 spiro atoms. The van der Waals surface area contributed by atoms with E-state index in [1.807, 2.05) is 0 Å². The molecule has 146 valence electrons. The van der Waals surface area contributed by atoms with Gasteiger partial charge in [0.1, 0.15) is 17.1 Å². The van der Waals surface area contributed by atoms with Gasteiger partial charge >= 0.3 is 0 Å². The normalized spacial score (nSPS) is 10.9. The van der Waals surface area contributed by atoms with Crippen molar-refractivity contribution in [2.75, 3.05) is 5.32 Å². The lowest BCUT2D eigenvalue weighted by atomic mass is 10.1. The second-order valence-corrected chi connectivity index (χ2v) is 7.01. The average molecular weight is 400 g/mol. The van der Waals surface area contributed by atoms with E-state index in [4.69, 9.17) is 11.6 Å². The predicted octanol–water partition coefficient (Wildman–Crippen LogP) is 4.59. The van der Waals surface area contributed by atoms with Crippen molar-refractivity contribution in [1.29, 1.82) is 0 Å². The predicted molar refractivity (Wildman–Crippen MR) is 111 cm³/mol. The topological polar surface area (TPSA) is 84.2 Å². The number of nitrogens with one attached hydrogen (secondary N) is 1. The molecule has 0 saturated heterocycles. The molecule has 7 heteroatoms. The molecular weight excluding hydrogens is 378 g/mol. The highest BCUT2D eigenvalue weighted by Gasteiger charge is 2.22. The third-order valence-corrected chi connectivity index (χ3v) is 4.80. The van der Waals surface area contributed by atoms with E-state index in [9.17, 15) is 14.7 Å². The van der Waals surface area contributed by atoms with E-state index in [1.165, 1.54) is 12.3 Å². The summed E-state index contributed by atoms with van der Waals surface area (Å²) in [4.78, 5) is 29.8. The lowest BCUT2D eigenvalue weighted by Crippen LogP contribution is -2.30. The summed E-state index contributed by atoms with van der Waals surface area (Å²) in [5, 5.41) is 14.1. The van der Waals surface area contributed by atoms with E-state index in [0.29, 0.717) is 22.5 Å². The maximum atomic E-state index is 13.1. The van der Waals surface area contributed by atoms with Crippen LogP contribution in [0.2, 0.25) is 5.02 Å². The number of anilines is 1. The minimum absolute atomic E-state index is 0.246. The van der Waals surface area contributed by atoms with Crippen molar-refractivity contribution in [2.24, 2.45) is 0 Å². The number of hydrogen-bond acceptors (Lipinski definition) is 4. The monoisotopic (exact) mass is 399 g/mol. The Morgan fingerprint density at radius 2 is 1.96 bits per heavy atom. The van der Waals surface area contributed by atoms with Crippen molar-refractivity contribution in [1.82, 2.24) is 9.55 Å². The second-order valence-electron chi connectivity index (χ2n) is 6.57. The smallest absolute Gasteiger partial charge is 0.267 e. The number of unbranched alkanes of at least 4 members (excludes halogenated alkanes) is 3. The number of aryl methyl sites for hydroxylation is 1. The van der Waals surface area contributed by atoms with Crippen LogP contribution >= 0.6 is 11.6 Å². The standard InChI is InChI=1S/C21H22ClN3O3/c1-2-3-4-7-12-25-16-9-6-5-8-15(16)19(26)18(21(25)28)20(27)24-17-11-10-14(22)13-23-17/h5-6,8-11,13,26H,2-4,7,12H2,1H3,(H,23,24,27). The average Bonchev–Trinajstić information content (AvgIpc) is 2.69. The Morgan fingerprint density at radius 3 is 2.68 bits per heavy atom. The van der Waals surface area contributed by atoms with Crippen molar-refractivity contribution in [3.63, 3.8) is 0 Å². The van der Waals surface area contributed by atoms with Crippen LogP contribution in [0.25, 0.3) is 10.9 Å². The van der Waals surface area contributed by atoms with Crippen LogP contribution in [0, 0.1) is 0 Å². The summed E-state index contributed by atoms with van der Waals surface area (Å²) >= 11 is 5.80. The van der Waals surface area contributed by atoms with Gasteiger partial charge in [0.15, 0.2) is 0 Å². The fourth-order valence-corrected chi connectivity index (χ4v) is 3.25. The van der Waals surface area contributed by atoms with E-state index >= 15 is 0 Å². The summed E-state index contributed by atoms with van der Waals surface area (Å²) in [5.74, 6) is -0.780. The molecule has 3 rings (SSSR count). The summed E-state index contributed by atoms with van der Waals surface area (Å²) in [6.45, 7) is 2.61. The Morgan fingerprint density at radius 1 is 1.18 bits per heavy atom. The Kier molecular flexibility index (Phi) is 6.31. The van der Waals surface area contributed by atoms with Crippen LogP contribution in [0.5, 0.6) is 5.75 Å². The number of pyridine rings is 2. The fraction of sp³-hybridized carbons (Fsp3) is 0.286. The molecule has 0 aliphatic carbocycles. The summed E-state index contributed by atoms with van der Waals surface area (Å²) < 4.78 is 1.56. The number of rotatable bonds is 7. The lowest BCUT2D eigenvalue weighted by molar-refractivity contribution is 0.102. The van der Waals surface area contributed by atoms with E-state index in [0.717, 1.165) is 25.7 Å². The first kappa shape index (κ1) is 19.9. The summed E-state index contributed by atoms with van der Waals surface area (Å²) in [6, 6.07) is 10.2. The SMILES string of the molecule is CCCCCCn1c(=O)c(C(=O)Nc2ccc(Cl)cn2)c(O)c2ccccc21. The van der Waals surface area contributed by atoms with Crippen LogP contribution in [0.15, 0.2) is 47.4 Å². The van der Waals surface area contributed by atoms with Crippen LogP contribution in [-0.4, -0.2) is 20.6 Å². The summed E-state index contributed by atoms with van der Waals surface area (Å²) in [5.41, 5.74) is -0.187. The zero-order valence-electron chi connectivity index (χ0n) is 15.6. The maximum Gasteiger partial charge on any atom is 0.267 e. The van der Waals surface area contributed by atoms with Gasteiger partial charge in [-0.05, 0) is 30.7 Å². The molecular formula is C21H22ClN3O3. The van der Waals surface area contributed by atoms with Gasteiger partial charge in [0, 0.05) is 18.1 Å². The van der Waals surface area contributed by atoms with Gasteiger partial charge in [0.2, 0.25) is 0 Å². The number of para-hydroxylation sites is 1. The van der Waals surface area contributed by atoms with E-state index in [-0.39, 0.29) is 17.1 Å². The zero-order chi connectivity index (χ0) is 20.1. The zero-order valence-corrected chi connectivity index (χ0v) is 16.4. The summed E-state index contributed by atoms with van der Waals surface area (Å²) in [7, 11) is 0. The molecule has 1 amide bonds. The largest absolute Gasteiger partial charge is 0.506 e. The van der Waals surface area contributed by atoms with Crippen molar-refractivity contribution >= 4 is 34.2 Å². The molecule has 2 heterocycles. The maximum absolute atomic E-state index is 13.1. The van der Waals surface area contributed by atoms with Gasteiger partial charge in [-0.25, -0.2) is 4.98 Å². The molecule has 0 bridgehead atoms. The number of aromatic nitrogens is 2. The minimum atomic E-state index is -0.703. The van der Waals surface area contributed by atoms with Gasteiger partial charge in [-0.3, -0.25) is 9.59 Å². The molecule has 0 saturated carbocycles. The van der Waals surface area contributed by atoms with Crippen LogP contribution in [0.1, 0.15) is 43.0 Å². The molecule has 0 fully saturated rings. The number of carbonyl (C=O) groups is 1. The van der Waals surface area contributed by atoms with E-state index in [2.05, 4.69) is 17.2 Å². The molecule has 2 N–H and O–H groups in total. The highest BCUT2D eigenvalue weighted by atomic mass is 35.5. The first-order chi connectivity index (χ1) is 13.5. The number of hydrogen-bond donors (Lipinski definition) is 2. The molecule has 0 unspecified atom stereocenters. The minimum Gasteiger partial charge on any atom is -0.506 e. The van der Waals surface area contributed by atoms with Crippen LogP contribution < -0.4 is 10.9 Å². The van der Waals surface area contributed by atoms with Gasteiger partial charge < -0.3 is 15.0 Å². The molecule has 2 aromatic heterocycles. The third-order valence-electron chi connectivity index (χ3n) is 4.58. The summed E-state index contributed by atoms with van der Waals surface area (Å²) in [6.07, 6.45) is 5.38. The number of carbonyl (C=O) groups excluding carboxylic acids is 1. The van der Waals surface area contributed by atoms with Crippen LogP contribution in [0.3, 0.4) is 0 Å². The number of benzene rings is 1. The quantitative estimate of drug-likeness (QED) is 0.569. The van der Waals surface area contributed by atoms with E-state index in [1.54, 1.807) is 34.9 Å². The molecule has 1 aromatic carbocycles. The molecule has 0 radical (unpaired) electrons. The third kappa shape index (κ3) is 4.17. The Balaban J connectivity index is 2.02. The molecule has 0 atom stereocenters. The molecule has 0 aliphatic heterocycles. The lowest BCUT2D eigenvalue weighted by Gasteiger charge is -2.15. The van der Waals surface area contributed by atoms with E-state index < -0.39 is 11.5 Å². The van der Waals surface area contributed by atoms with Gasteiger partial charge in [-0.1, -0.05) is 49.9 Å². The van der Waals surface area contributed by atoms with Crippen molar-refractivity contribution in [3.05, 3.63) is 63.5 Å². The first-order valence-corrected chi connectivity index (χ1v) is 9.68. The molecule has 0 aliphatic rings. The van der Waals surface area contributed by atoms with Crippen LogP contribution in [-0.2, 0) is 6.54 Å². The Labute approximate surface area is 167 Å². The van der Waals surface area contributed by atoms with Crippen LogP contribution in [0.4, 0.5) is 5.82 Å². The van der Waals surface area contributed by atoms with Crippen molar-refractivity contribution in [2.45, 2.75) is 39.2 Å². The fourth-order valence-electron chi connectivity index (χ4n) is 3.14. The molecule has 6 nitrogen and oxygen atoms in total. The first-order valence-electron chi connectivity index (χ1n) is 9.30. The number of amides is 1. The van der Waals surface area contributed by atoms with Gasteiger partial charge in [0.25, 0.3) is 11.5 Å². The number of nitrogens with zero attached hydrogens (tertiary/aromatic N) is 2. The number of halogens is 1. The molecule has 3 aromatic rings.